The van der Waals surface area contributed by atoms with Crippen LogP contribution in [0.25, 0.3) is 0 Å². The number of carboxylic acid groups (broad SMARTS) is 1. The summed E-state index contributed by atoms with van der Waals surface area (Å²) < 4.78 is 13.2. The van der Waals surface area contributed by atoms with Crippen LogP contribution in [-0.4, -0.2) is 22.0 Å². The van der Waals surface area contributed by atoms with Gasteiger partial charge in [0.2, 0.25) is 0 Å². The quantitative estimate of drug-likeness (QED) is 0.901. The summed E-state index contributed by atoms with van der Waals surface area (Å²) in [6, 6.07) is 8.03. The Kier molecular flexibility index (Phi) is 4.09. The number of carbonyl (C=O) groups is 2. The van der Waals surface area contributed by atoms with Crippen LogP contribution in [0.15, 0.2) is 40.9 Å². The number of nitrogens with one attached hydrogen (secondary N) is 1. The van der Waals surface area contributed by atoms with Gasteiger partial charge in [0.15, 0.2) is 5.69 Å². The number of pyridine rings is 1. The van der Waals surface area contributed by atoms with Gasteiger partial charge in [-0.3, -0.25) is 4.79 Å². The van der Waals surface area contributed by atoms with Crippen LogP contribution in [0.3, 0.4) is 0 Å². The summed E-state index contributed by atoms with van der Waals surface area (Å²) in [6.45, 7) is 0. The number of benzene rings is 1. The summed E-state index contributed by atoms with van der Waals surface area (Å²) >= 11 is 2.98. The van der Waals surface area contributed by atoms with Crippen LogP contribution >= 0.6 is 15.9 Å². The fraction of sp³-hybridized carbons (Fsp3) is 0. The molecule has 0 aliphatic rings. The Morgan fingerprint density at radius 2 is 2.00 bits per heavy atom. The third-order valence-electron chi connectivity index (χ3n) is 2.39. The van der Waals surface area contributed by atoms with E-state index in [1.165, 1.54) is 30.3 Å². The van der Waals surface area contributed by atoms with Gasteiger partial charge in [-0.2, -0.15) is 0 Å². The van der Waals surface area contributed by atoms with E-state index in [9.17, 15) is 14.0 Å². The molecule has 2 aromatic rings. The van der Waals surface area contributed by atoms with Crippen molar-refractivity contribution in [1.29, 1.82) is 0 Å². The number of hydrogen-bond donors (Lipinski definition) is 2. The SMILES string of the molecule is O=C(Nc1cccc(C(=O)O)n1)c1ccc(F)c(Br)c1. The first kappa shape index (κ1) is 14.1. The predicted octanol–water partition coefficient (Wildman–Crippen LogP) is 2.93. The van der Waals surface area contributed by atoms with Gasteiger partial charge in [-0.25, -0.2) is 14.2 Å². The molecule has 102 valence electrons. The summed E-state index contributed by atoms with van der Waals surface area (Å²) in [6.07, 6.45) is 0. The number of aromatic nitrogens is 1. The summed E-state index contributed by atoms with van der Waals surface area (Å²) in [4.78, 5) is 26.4. The first-order valence-electron chi connectivity index (χ1n) is 5.44. The Morgan fingerprint density at radius 3 is 2.65 bits per heavy atom. The fourth-order valence-electron chi connectivity index (χ4n) is 1.45. The molecule has 0 aliphatic carbocycles. The van der Waals surface area contributed by atoms with E-state index in [0.29, 0.717) is 0 Å². The maximum absolute atomic E-state index is 13.1. The van der Waals surface area contributed by atoms with E-state index in [1.807, 2.05) is 0 Å². The smallest absolute Gasteiger partial charge is 0.354 e. The van der Waals surface area contributed by atoms with Gasteiger partial charge in [0.25, 0.3) is 5.91 Å². The molecule has 0 bridgehead atoms. The molecule has 0 radical (unpaired) electrons. The normalized spacial score (nSPS) is 10.1. The van der Waals surface area contributed by atoms with Crippen LogP contribution in [0.4, 0.5) is 10.2 Å². The molecule has 2 N–H and O–H groups in total. The highest BCUT2D eigenvalue weighted by molar-refractivity contribution is 9.10. The maximum atomic E-state index is 13.1. The van der Waals surface area contributed by atoms with Gasteiger partial charge in [0, 0.05) is 5.56 Å². The number of nitrogens with zero attached hydrogens (tertiary/aromatic N) is 1. The zero-order valence-corrected chi connectivity index (χ0v) is 11.5. The Hall–Kier alpha value is -2.28. The molecule has 0 spiro atoms. The standard InChI is InChI=1S/C13H8BrFN2O3/c14-8-6-7(4-5-9(8)15)12(18)17-11-3-1-2-10(16-11)13(19)20/h1-6H,(H,19,20)(H,16,17,18). The van der Waals surface area contributed by atoms with Crippen molar-refractivity contribution in [1.82, 2.24) is 4.98 Å². The largest absolute Gasteiger partial charge is 0.477 e. The summed E-state index contributed by atoms with van der Waals surface area (Å²) in [7, 11) is 0. The monoisotopic (exact) mass is 338 g/mol. The molecule has 0 atom stereocenters. The Bertz CT molecular complexity index is 691. The molecule has 0 saturated heterocycles. The number of amides is 1. The zero-order chi connectivity index (χ0) is 14.7. The summed E-state index contributed by atoms with van der Waals surface area (Å²) in [5.74, 6) is -2.07. The van der Waals surface area contributed by atoms with E-state index < -0.39 is 17.7 Å². The molecular weight excluding hydrogens is 331 g/mol. The van der Waals surface area contributed by atoms with Gasteiger partial charge in [-0.15, -0.1) is 0 Å². The molecule has 0 fully saturated rings. The number of carboxylic acids is 1. The van der Waals surface area contributed by atoms with E-state index in [2.05, 4.69) is 26.2 Å². The molecule has 1 aromatic carbocycles. The van der Waals surface area contributed by atoms with Crippen molar-refractivity contribution in [2.45, 2.75) is 0 Å². The number of aromatic carboxylic acids is 1. The second kappa shape index (κ2) is 5.79. The molecule has 0 saturated carbocycles. The van der Waals surface area contributed by atoms with Gasteiger partial charge in [-0.1, -0.05) is 6.07 Å². The fourth-order valence-corrected chi connectivity index (χ4v) is 1.83. The Morgan fingerprint density at radius 1 is 1.25 bits per heavy atom. The summed E-state index contributed by atoms with van der Waals surface area (Å²) in [5, 5.41) is 11.2. The number of anilines is 1. The van der Waals surface area contributed by atoms with Crippen molar-refractivity contribution in [3.8, 4) is 0 Å². The topological polar surface area (TPSA) is 79.3 Å². The molecule has 7 heteroatoms. The first-order chi connectivity index (χ1) is 9.47. The first-order valence-corrected chi connectivity index (χ1v) is 6.23. The van der Waals surface area contributed by atoms with Crippen LogP contribution in [0.2, 0.25) is 0 Å². The maximum Gasteiger partial charge on any atom is 0.354 e. The van der Waals surface area contributed by atoms with Crippen molar-refractivity contribution >= 4 is 33.6 Å². The van der Waals surface area contributed by atoms with Crippen LogP contribution in [0.5, 0.6) is 0 Å². The van der Waals surface area contributed by atoms with Crippen LogP contribution in [0.1, 0.15) is 20.8 Å². The highest BCUT2D eigenvalue weighted by Crippen LogP contribution is 2.17. The highest BCUT2D eigenvalue weighted by atomic mass is 79.9. The Balaban J connectivity index is 2.21. The molecule has 5 nitrogen and oxygen atoms in total. The van der Waals surface area contributed by atoms with Gasteiger partial charge in [-0.05, 0) is 46.3 Å². The van der Waals surface area contributed by atoms with Gasteiger partial charge in [0.1, 0.15) is 11.6 Å². The molecule has 2 rings (SSSR count). The molecule has 0 aliphatic heterocycles. The van der Waals surface area contributed by atoms with E-state index in [0.717, 1.165) is 6.07 Å². The lowest BCUT2D eigenvalue weighted by Gasteiger charge is -2.05. The summed E-state index contributed by atoms with van der Waals surface area (Å²) in [5.41, 5.74) is 0.0453. The molecule has 0 unspecified atom stereocenters. The lowest BCUT2D eigenvalue weighted by atomic mass is 10.2. The van der Waals surface area contributed by atoms with E-state index in [4.69, 9.17) is 5.11 Å². The van der Waals surface area contributed by atoms with Crippen LogP contribution in [0, 0.1) is 5.82 Å². The van der Waals surface area contributed by atoms with E-state index >= 15 is 0 Å². The molecule has 1 aromatic heterocycles. The zero-order valence-electron chi connectivity index (χ0n) is 9.93. The second-order valence-corrected chi connectivity index (χ2v) is 4.65. The minimum atomic E-state index is -1.19. The van der Waals surface area contributed by atoms with Crippen molar-refractivity contribution < 1.29 is 19.1 Å². The van der Waals surface area contributed by atoms with E-state index in [-0.39, 0.29) is 21.5 Å². The minimum Gasteiger partial charge on any atom is -0.477 e. The predicted molar refractivity (Wildman–Crippen MR) is 73.2 cm³/mol. The molecule has 20 heavy (non-hydrogen) atoms. The lowest BCUT2D eigenvalue weighted by Crippen LogP contribution is -2.14. The van der Waals surface area contributed by atoms with Crippen molar-refractivity contribution in [2.75, 3.05) is 5.32 Å². The molecular formula is C13H8BrFN2O3. The molecule has 1 heterocycles. The minimum absolute atomic E-state index is 0.107. The Labute approximate surface area is 121 Å². The average molecular weight is 339 g/mol. The third kappa shape index (κ3) is 3.18. The van der Waals surface area contributed by atoms with Crippen LogP contribution < -0.4 is 5.32 Å². The van der Waals surface area contributed by atoms with Gasteiger partial charge >= 0.3 is 5.97 Å². The number of rotatable bonds is 3. The number of hydrogen-bond acceptors (Lipinski definition) is 3. The highest BCUT2D eigenvalue weighted by Gasteiger charge is 2.11. The van der Waals surface area contributed by atoms with Gasteiger partial charge in [0.05, 0.1) is 4.47 Å². The third-order valence-corrected chi connectivity index (χ3v) is 3.00. The van der Waals surface area contributed by atoms with Crippen molar-refractivity contribution in [3.05, 3.63) is 57.9 Å². The van der Waals surface area contributed by atoms with Gasteiger partial charge < -0.3 is 10.4 Å². The second-order valence-electron chi connectivity index (χ2n) is 3.80. The van der Waals surface area contributed by atoms with Crippen LogP contribution in [-0.2, 0) is 0 Å². The van der Waals surface area contributed by atoms with E-state index in [1.54, 1.807) is 0 Å². The average Bonchev–Trinajstić information content (AvgIpc) is 2.42. The lowest BCUT2D eigenvalue weighted by molar-refractivity contribution is 0.0690. The van der Waals surface area contributed by atoms with Crippen molar-refractivity contribution in [2.24, 2.45) is 0 Å². The number of carbonyl (C=O) groups excluding carboxylic acids is 1. The number of halogens is 2. The molecule has 1 amide bonds. The van der Waals surface area contributed by atoms with Crippen molar-refractivity contribution in [3.63, 3.8) is 0 Å².